The molecule has 1 saturated carbocycles. The summed E-state index contributed by atoms with van der Waals surface area (Å²) in [6.45, 7) is 2.89. The smallest absolute Gasteiger partial charge is 0.287 e. The average molecular weight is 785 g/mol. The van der Waals surface area contributed by atoms with Gasteiger partial charge in [0.2, 0.25) is 27.6 Å². The molecule has 2 aliphatic heterocycles. The highest BCUT2D eigenvalue weighted by molar-refractivity contribution is 7.99. The summed E-state index contributed by atoms with van der Waals surface area (Å²) in [5, 5.41) is 24.7. The molecule has 1 aliphatic carbocycles. The number of likely N-dealkylation sites (tertiary alicyclic amines) is 1. The Kier molecular flexibility index (Phi) is 12.9. The van der Waals surface area contributed by atoms with E-state index in [4.69, 9.17) is 12.2 Å². The summed E-state index contributed by atoms with van der Waals surface area (Å²) in [5.41, 5.74) is 3.02. The first-order valence-corrected chi connectivity index (χ1v) is 20.7. The molecule has 2 aromatic rings. The highest BCUT2D eigenvalue weighted by Gasteiger charge is 2.49. The van der Waals surface area contributed by atoms with Crippen LogP contribution in [0.3, 0.4) is 0 Å². The van der Waals surface area contributed by atoms with Crippen LogP contribution in [-0.2, 0) is 34.8 Å². The molecular formula is C36H48N8O8S2. The van der Waals surface area contributed by atoms with Gasteiger partial charge in [0, 0.05) is 18.5 Å². The summed E-state index contributed by atoms with van der Waals surface area (Å²) >= 11 is 1.58. The van der Waals surface area contributed by atoms with Gasteiger partial charge in [-0.1, -0.05) is 43.2 Å². The number of carbonyl (C=O) groups is 5. The Morgan fingerprint density at radius 1 is 1.11 bits per heavy atom. The number of rotatable bonds is 14. The molecule has 2 unspecified atom stereocenters. The molecule has 0 radical (unpaired) electrons. The van der Waals surface area contributed by atoms with Crippen LogP contribution < -0.4 is 21.1 Å². The number of hydrogen-bond acceptors (Lipinski definition) is 11. The highest BCUT2D eigenvalue weighted by atomic mass is 32.2. The van der Waals surface area contributed by atoms with E-state index in [9.17, 15) is 37.5 Å². The summed E-state index contributed by atoms with van der Waals surface area (Å²) in [6, 6.07) is 2.36. The lowest BCUT2D eigenvalue weighted by Crippen LogP contribution is -2.63. The lowest BCUT2D eigenvalue weighted by Gasteiger charge is -2.37. The van der Waals surface area contributed by atoms with Gasteiger partial charge in [-0.25, -0.2) is 13.1 Å². The Balaban J connectivity index is 1.47. The first-order valence-electron chi connectivity index (χ1n) is 18.1. The van der Waals surface area contributed by atoms with Gasteiger partial charge in [0.1, 0.15) is 23.2 Å². The van der Waals surface area contributed by atoms with Crippen molar-refractivity contribution in [3.63, 3.8) is 0 Å². The molecule has 5 rings (SSSR count). The van der Waals surface area contributed by atoms with Crippen molar-refractivity contribution in [2.75, 3.05) is 24.6 Å². The normalized spacial score (nSPS) is 21.1. The van der Waals surface area contributed by atoms with Crippen LogP contribution in [0.2, 0.25) is 0 Å². The summed E-state index contributed by atoms with van der Waals surface area (Å²) in [6.07, 6.45) is 12.0. The van der Waals surface area contributed by atoms with Crippen LogP contribution in [0, 0.1) is 18.3 Å². The van der Waals surface area contributed by atoms with Crippen LogP contribution in [0.25, 0.3) is 0 Å². The van der Waals surface area contributed by atoms with E-state index >= 15 is 0 Å². The van der Waals surface area contributed by atoms with Gasteiger partial charge < -0.3 is 26.4 Å². The minimum atomic E-state index is -3.91. The number of primary amides is 1. The lowest BCUT2D eigenvalue weighted by molar-refractivity contribution is -0.145. The van der Waals surface area contributed by atoms with Crippen molar-refractivity contribution in [2.24, 2.45) is 11.7 Å². The first-order chi connectivity index (χ1) is 25.6. The number of aliphatic hydroxyl groups is 1. The molecule has 292 valence electrons. The molecule has 54 heavy (non-hydrogen) atoms. The molecular weight excluding hydrogens is 737 g/mol. The van der Waals surface area contributed by atoms with Crippen molar-refractivity contribution in [3.05, 3.63) is 41.7 Å². The van der Waals surface area contributed by atoms with Crippen LogP contribution in [0.4, 0.5) is 0 Å². The molecule has 0 spiro atoms. The van der Waals surface area contributed by atoms with Crippen molar-refractivity contribution in [1.29, 1.82) is 0 Å². The predicted molar refractivity (Wildman–Crippen MR) is 199 cm³/mol. The maximum Gasteiger partial charge on any atom is 0.287 e. The van der Waals surface area contributed by atoms with Gasteiger partial charge in [-0.3, -0.25) is 24.0 Å². The Hall–Kier alpha value is -4.31. The third-order valence-electron chi connectivity index (χ3n) is 10.5. The van der Waals surface area contributed by atoms with Crippen molar-refractivity contribution < 1.29 is 37.5 Å². The molecule has 3 atom stereocenters. The second kappa shape index (κ2) is 17.0. The number of thioether (sulfide) groups is 1. The van der Waals surface area contributed by atoms with Crippen molar-refractivity contribution >= 4 is 51.2 Å². The number of sulfonamides is 1. The number of hydrogen-bond donors (Lipinski definition) is 5. The van der Waals surface area contributed by atoms with Gasteiger partial charge in [-0.05, 0) is 74.8 Å². The molecule has 4 amide bonds. The number of benzene rings is 1. The Labute approximate surface area is 319 Å². The van der Waals surface area contributed by atoms with E-state index in [0.717, 1.165) is 32.1 Å². The van der Waals surface area contributed by atoms with Crippen LogP contribution >= 0.6 is 11.8 Å². The fraction of sp³-hybridized carbons (Fsp3) is 0.583. The molecule has 18 heteroatoms. The lowest BCUT2D eigenvalue weighted by atomic mass is 9.84. The minimum Gasteiger partial charge on any atom is -0.384 e. The molecule has 3 heterocycles. The van der Waals surface area contributed by atoms with Crippen LogP contribution in [-0.4, -0.2) is 105 Å². The monoisotopic (exact) mass is 784 g/mol. The summed E-state index contributed by atoms with van der Waals surface area (Å²) in [7, 11) is -3.91. The molecule has 1 aromatic carbocycles. The summed E-state index contributed by atoms with van der Waals surface area (Å²) in [5.74, 6) is -0.548. The van der Waals surface area contributed by atoms with Crippen molar-refractivity contribution in [1.82, 2.24) is 35.2 Å². The molecule has 2 saturated heterocycles. The minimum absolute atomic E-state index is 0.0351. The van der Waals surface area contributed by atoms with E-state index in [-0.39, 0.29) is 48.7 Å². The number of amides is 4. The number of ketones is 1. The van der Waals surface area contributed by atoms with E-state index in [1.54, 1.807) is 25.6 Å². The zero-order chi connectivity index (χ0) is 39.3. The number of nitrogens with zero attached hydrogens (tertiary/aromatic N) is 4. The van der Waals surface area contributed by atoms with Gasteiger partial charge in [-0.2, -0.15) is 16.5 Å². The van der Waals surface area contributed by atoms with Crippen molar-refractivity contribution in [3.8, 4) is 12.3 Å². The maximum absolute atomic E-state index is 14.8. The van der Waals surface area contributed by atoms with Crippen LogP contribution in [0.1, 0.15) is 93.7 Å². The van der Waals surface area contributed by atoms with Gasteiger partial charge in [0.25, 0.3) is 11.8 Å². The molecule has 1 aromatic heterocycles. The fourth-order valence-electron chi connectivity index (χ4n) is 7.54. The topological polar surface area (TPSA) is 236 Å². The molecule has 16 nitrogen and oxygen atoms in total. The summed E-state index contributed by atoms with van der Waals surface area (Å²) in [4.78, 5) is 69.5. The maximum atomic E-state index is 14.8. The highest BCUT2D eigenvalue weighted by Crippen LogP contribution is 2.35. The molecule has 0 bridgehead atoms. The van der Waals surface area contributed by atoms with E-state index in [0.29, 0.717) is 23.6 Å². The average Bonchev–Trinajstić information content (AvgIpc) is 3.83. The van der Waals surface area contributed by atoms with Gasteiger partial charge in [0.15, 0.2) is 0 Å². The molecule has 3 fully saturated rings. The fourth-order valence-corrected chi connectivity index (χ4v) is 9.67. The quantitative estimate of drug-likeness (QED) is 0.133. The third kappa shape index (κ3) is 9.31. The van der Waals surface area contributed by atoms with Crippen molar-refractivity contribution in [2.45, 2.75) is 106 Å². The van der Waals surface area contributed by atoms with E-state index < -0.39 is 68.7 Å². The van der Waals surface area contributed by atoms with Gasteiger partial charge in [-0.15, -0.1) is 11.5 Å². The first kappa shape index (κ1) is 40.9. The SMILES string of the molecule is C#CCNS(=O)(=O)c1ccc(C(=O)N[C@H](CC2CCCCC2)C(=O)N2CC(n3nncc3C(C)(C)O)CC2C(=O)NC2(C(=O)C(N)=O)CCSCC2)cc1. The molecule has 6 N–H and O–H groups in total. The van der Waals surface area contributed by atoms with E-state index in [2.05, 4.69) is 31.6 Å². The third-order valence-corrected chi connectivity index (χ3v) is 12.9. The number of aromatic nitrogens is 3. The standard InChI is InChI=1S/C36H48N8O8S2/c1-4-16-39-54(51,52)26-12-10-24(11-13-26)32(47)40-27(19-23-8-6-5-7-9-23)34(49)43-22-25(44-29(21-38-42-44)35(2,3)50)20-28(43)33(48)41-36(30(45)31(37)46)14-17-53-18-15-36/h1,10-13,21,23,25,27-28,39,50H,5-9,14-20,22H2,2-3H3,(H2,37,46)(H,40,47)(H,41,48)/t25?,27-,28?/m1/s1. The number of nitrogens with one attached hydrogen (secondary N) is 3. The largest absolute Gasteiger partial charge is 0.384 e. The molecule has 3 aliphatic rings. The zero-order valence-electron chi connectivity index (χ0n) is 30.5. The second-order valence-corrected chi connectivity index (χ2v) is 17.7. The van der Waals surface area contributed by atoms with E-state index in [1.807, 2.05) is 0 Å². The summed E-state index contributed by atoms with van der Waals surface area (Å²) < 4.78 is 28.8. The number of terminal acetylenes is 1. The number of nitrogens with two attached hydrogens (primary N) is 1. The second-order valence-electron chi connectivity index (χ2n) is 14.7. The van der Waals surface area contributed by atoms with Gasteiger partial charge >= 0.3 is 0 Å². The van der Waals surface area contributed by atoms with Crippen LogP contribution in [0.15, 0.2) is 35.4 Å². The number of Topliss-reactive ketones (excluding diaryl/α,β-unsaturated/α-hetero) is 1. The Bertz CT molecular complexity index is 1870. The zero-order valence-corrected chi connectivity index (χ0v) is 32.1. The Morgan fingerprint density at radius 3 is 2.39 bits per heavy atom. The predicted octanol–water partition coefficient (Wildman–Crippen LogP) is 0.764. The Morgan fingerprint density at radius 2 is 1.78 bits per heavy atom. The van der Waals surface area contributed by atoms with Crippen LogP contribution in [0.5, 0.6) is 0 Å². The number of carbonyl (C=O) groups excluding carboxylic acids is 5. The van der Waals surface area contributed by atoms with Gasteiger partial charge in [0.05, 0.1) is 29.4 Å². The van der Waals surface area contributed by atoms with E-state index in [1.165, 1.54) is 40.0 Å².